The van der Waals surface area contributed by atoms with Gasteiger partial charge >= 0.3 is 0 Å². The van der Waals surface area contributed by atoms with Gasteiger partial charge in [-0.25, -0.2) is 0 Å². The fraction of sp³-hybridized carbons (Fsp3) is 0.667. The Morgan fingerprint density at radius 2 is 2.15 bits per heavy atom. The molecule has 72 valence electrons. The first-order valence-corrected chi connectivity index (χ1v) is 4.08. The molecule has 0 aromatic rings. The van der Waals surface area contributed by atoms with Gasteiger partial charge < -0.3 is 9.84 Å². The van der Waals surface area contributed by atoms with Crippen LogP contribution in [0.15, 0.2) is 11.8 Å². The van der Waals surface area contributed by atoms with Gasteiger partial charge in [-0.2, -0.15) is 0 Å². The van der Waals surface area contributed by atoms with Gasteiger partial charge in [0.15, 0.2) is 5.78 Å². The third kappa shape index (κ3) is 6.91. The van der Waals surface area contributed by atoms with Gasteiger partial charge in [-0.15, -0.1) is 0 Å². The van der Waals surface area contributed by atoms with Gasteiger partial charge in [0.05, 0.1) is 0 Å². The monoisotopic (exact) mass is 236 g/mol. The fourth-order valence-electron chi connectivity index (χ4n) is 0.722. The van der Waals surface area contributed by atoms with E-state index in [2.05, 4.69) is 0 Å². The average Bonchev–Trinajstić information content (AvgIpc) is 2.03. The largest absolute Gasteiger partial charge is 0.509 e. The van der Waals surface area contributed by atoms with Crippen molar-refractivity contribution in [1.82, 2.24) is 0 Å². The van der Waals surface area contributed by atoms with E-state index in [-0.39, 0.29) is 31.0 Å². The molecule has 1 atom stereocenters. The molecule has 0 amide bonds. The molecule has 0 radical (unpaired) electrons. The predicted molar refractivity (Wildman–Crippen MR) is 47.1 cm³/mol. The first kappa shape index (κ1) is 15.3. The second kappa shape index (κ2) is 8.39. The molecule has 0 saturated heterocycles. The molecular weight excluding hydrogens is 221 g/mol. The van der Waals surface area contributed by atoms with E-state index in [0.717, 1.165) is 6.42 Å². The molecule has 4 heteroatoms. The molecule has 3 nitrogen and oxygen atoms in total. The zero-order chi connectivity index (χ0) is 9.56. The molecular formula is C9H16O3Zn. The number of hydrogen-bond donors (Lipinski definition) is 1. The van der Waals surface area contributed by atoms with Gasteiger partial charge in [-0.3, -0.25) is 4.79 Å². The van der Waals surface area contributed by atoms with Gasteiger partial charge in [-0.1, -0.05) is 6.92 Å². The van der Waals surface area contributed by atoms with E-state index in [1.807, 2.05) is 6.92 Å². The number of rotatable bonds is 5. The number of hydrogen-bond acceptors (Lipinski definition) is 3. The molecule has 13 heavy (non-hydrogen) atoms. The van der Waals surface area contributed by atoms with E-state index < -0.39 is 6.10 Å². The molecule has 0 aromatic carbocycles. The van der Waals surface area contributed by atoms with E-state index >= 15 is 0 Å². The second-order valence-corrected chi connectivity index (χ2v) is 2.66. The third-order valence-electron chi connectivity index (χ3n) is 1.58. The Morgan fingerprint density at radius 3 is 2.54 bits per heavy atom. The molecule has 0 heterocycles. The Hall–Kier alpha value is -0.207. The number of aliphatic hydroxyl groups excluding tert-OH is 1. The van der Waals surface area contributed by atoms with Gasteiger partial charge in [0, 0.05) is 39.1 Å². The van der Waals surface area contributed by atoms with Crippen LogP contribution in [0, 0.1) is 0 Å². The van der Waals surface area contributed by atoms with Crippen LogP contribution < -0.4 is 0 Å². The molecule has 0 aliphatic carbocycles. The molecule has 0 fully saturated rings. The predicted octanol–water partition coefficient (Wildman–Crippen LogP) is 1.83. The molecule has 0 bridgehead atoms. The number of methoxy groups -OCH3 is 1. The molecule has 0 aliphatic rings. The van der Waals surface area contributed by atoms with Crippen molar-refractivity contribution >= 4 is 5.78 Å². The Labute approximate surface area is 91.9 Å². The summed E-state index contributed by atoms with van der Waals surface area (Å²) >= 11 is 0. The van der Waals surface area contributed by atoms with Gasteiger partial charge in [0.2, 0.25) is 0 Å². The number of aliphatic hydroxyl groups is 1. The maximum atomic E-state index is 11.0. The van der Waals surface area contributed by atoms with E-state index in [9.17, 15) is 9.90 Å². The molecule has 0 saturated carbocycles. The Kier molecular flexibility index (Phi) is 9.86. The van der Waals surface area contributed by atoms with Crippen molar-refractivity contribution in [2.24, 2.45) is 0 Å². The molecule has 0 aliphatic heterocycles. The van der Waals surface area contributed by atoms with E-state index in [0.29, 0.717) is 6.42 Å². The summed E-state index contributed by atoms with van der Waals surface area (Å²) in [5.41, 5.74) is 0. The van der Waals surface area contributed by atoms with Gasteiger partial charge in [-0.05, 0) is 13.3 Å². The van der Waals surface area contributed by atoms with E-state index in [1.54, 1.807) is 6.92 Å². The summed E-state index contributed by atoms with van der Waals surface area (Å²) in [6.45, 7) is 3.60. The van der Waals surface area contributed by atoms with Crippen molar-refractivity contribution in [3.63, 3.8) is 0 Å². The number of allylic oxidation sites excluding steroid dienone is 1. The van der Waals surface area contributed by atoms with Crippen molar-refractivity contribution in [3.05, 3.63) is 11.8 Å². The Balaban J connectivity index is 0. The van der Waals surface area contributed by atoms with Gasteiger partial charge in [0.25, 0.3) is 0 Å². The summed E-state index contributed by atoms with van der Waals surface area (Å²) in [5.74, 6) is -0.0603. The standard InChI is InChI=1S/C9H16O3.Zn/c1-4-5-8(10)6-9(11)7(2)12-3;/h6-7,11H,4-5H2,1-3H3;/b9-6-;. The molecule has 1 unspecified atom stereocenters. The summed E-state index contributed by atoms with van der Waals surface area (Å²) in [7, 11) is 1.49. The van der Waals surface area contributed by atoms with Crippen molar-refractivity contribution in [3.8, 4) is 0 Å². The molecule has 0 spiro atoms. The van der Waals surface area contributed by atoms with Crippen LogP contribution in [0.4, 0.5) is 0 Å². The first-order valence-electron chi connectivity index (χ1n) is 4.08. The zero-order valence-corrected chi connectivity index (χ0v) is 11.5. The average molecular weight is 238 g/mol. The normalized spacial score (nSPS) is 13.3. The third-order valence-corrected chi connectivity index (χ3v) is 1.58. The maximum Gasteiger partial charge on any atom is 0.159 e. The van der Waals surface area contributed by atoms with Crippen LogP contribution in [-0.2, 0) is 29.0 Å². The SMILES string of the molecule is CCCC(=O)/C=C(\O)C(C)OC.[Zn]. The Morgan fingerprint density at radius 1 is 1.62 bits per heavy atom. The van der Waals surface area contributed by atoms with Crippen LogP contribution in [0.2, 0.25) is 0 Å². The van der Waals surface area contributed by atoms with E-state index in [1.165, 1.54) is 13.2 Å². The molecule has 0 rings (SSSR count). The number of ether oxygens (including phenoxy) is 1. The minimum atomic E-state index is -0.397. The van der Waals surface area contributed by atoms with Crippen molar-refractivity contribution < 1.29 is 34.1 Å². The van der Waals surface area contributed by atoms with Crippen LogP contribution in [0.25, 0.3) is 0 Å². The summed E-state index contributed by atoms with van der Waals surface area (Å²) in [5, 5.41) is 9.23. The van der Waals surface area contributed by atoms with Crippen molar-refractivity contribution in [1.29, 1.82) is 0 Å². The molecule has 1 N–H and O–H groups in total. The smallest absolute Gasteiger partial charge is 0.159 e. The zero-order valence-electron chi connectivity index (χ0n) is 8.54. The number of carbonyl (C=O) groups is 1. The Bertz CT molecular complexity index is 178. The van der Waals surface area contributed by atoms with Crippen LogP contribution in [0.3, 0.4) is 0 Å². The summed E-state index contributed by atoms with van der Waals surface area (Å²) < 4.78 is 4.82. The van der Waals surface area contributed by atoms with E-state index in [4.69, 9.17) is 4.74 Å². The van der Waals surface area contributed by atoms with Crippen LogP contribution in [0.1, 0.15) is 26.7 Å². The van der Waals surface area contributed by atoms with Gasteiger partial charge in [0.1, 0.15) is 11.9 Å². The van der Waals surface area contributed by atoms with Crippen molar-refractivity contribution in [2.75, 3.05) is 7.11 Å². The summed E-state index contributed by atoms with van der Waals surface area (Å²) in [6.07, 6.45) is 2.10. The number of carbonyl (C=O) groups excluding carboxylic acids is 1. The minimum absolute atomic E-state index is 0. The van der Waals surface area contributed by atoms with Crippen molar-refractivity contribution in [2.45, 2.75) is 32.8 Å². The molecule has 0 aromatic heterocycles. The minimum Gasteiger partial charge on any atom is -0.509 e. The second-order valence-electron chi connectivity index (χ2n) is 2.66. The quantitative estimate of drug-likeness (QED) is 0.451. The summed E-state index contributed by atoms with van der Waals surface area (Å²) in [4.78, 5) is 11.0. The van der Waals surface area contributed by atoms with Crippen LogP contribution in [-0.4, -0.2) is 24.1 Å². The van der Waals surface area contributed by atoms with Crippen LogP contribution in [0.5, 0.6) is 0 Å². The topological polar surface area (TPSA) is 46.5 Å². The van der Waals surface area contributed by atoms with Crippen LogP contribution >= 0.6 is 0 Å². The maximum absolute atomic E-state index is 11.0. The summed E-state index contributed by atoms with van der Waals surface area (Å²) in [6, 6.07) is 0. The fourth-order valence-corrected chi connectivity index (χ4v) is 0.722. The first-order chi connectivity index (χ1) is 5.61. The number of ketones is 1.